The van der Waals surface area contributed by atoms with E-state index in [2.05, 4.69) is 0 Å². The number of hydrogen-bond donors (Lipinski definition) is 0. The molecule has 0 aliphatic carbocycles. The monoisotopic (exact) mass is 440 g/mol. The first-order valence-electron chi connectivity index (χ1n) is 9.38. The van der Waals surface area contributed by atoms with Gasteiger partial charge in [0.2, 0.25) is 26.0 Å². The second kappa shape index (κ2) is 8.39. The molecule has 2 aliphatic heterocycles. The third kappa shape index (κ3) is 4.61. The first-order valence-corrected chi connectivity index (χ1v) is 12.7. The first-order chi connectivity index (χ1) is 13.6. The third-order valence-corrected chi connectivity index (χ3v) is 8.71. The minimum Gasteiger partial charge on any atom is -0.340 e. The molecule has 29 heavy (non-hydrogen) atoms. The molecule has 2 saturated heterocycles. The van der Waals surface area contributed by atoms with Crippen LogP contribution in [0.4, 0.5) is 0 Å². The van der Waals surface area contributed by atoms with Crippen LogP contribution in [0.3, 0.4) is 0 Å². The highest BCUT2D eigenvalue weighted by atomic mass is 32.2. The minimum absolute atomic E-state index is 0.0100. The van der Waals surface area contributed by atoms with Gasteiger partial charge in [0.15, 0.2) is 0 Å². The summed E-state index contributed by atoms with van der Waals surface area (Å²) in [4.78, 5) is 14.4. The van der Waals surface area contributed by atoms with Crippen LogP contribution in [0.15, 0.2) is 29.2 Å². The Morgan fingerprint density at radius 3 is 2.10 bits per heavy atom. The van der Waals surface area contributed by atoms with Gasteiger partial charge in [-0.1, -0.05) is 12.1 Å². The Balaban J connectivity index is 1.61. The maximum Gasteiger partial charge on any atom is 0.244 e. The van der Waals surface area contributed by atoms with Crippen molar-refractivity contribution >= 4 is 26.0 Å². The predicted octanol–water partition coefficient (Wildman–Crippen LogP) is 0.0628. The Bertz CT molecular complexity index is 1020. The van der Waals surface area contributed by atoms with Crippen LogP contribution in [-0.2, 0) is 24.8 Å². The summed E-state index contributed by atoms with van der Waals surface area (Å²) in [5.41, 5.74) is 0.106. The van der Waals surface area contributed by atoms with Crippen molar-refractivity contribution in [3.05, 3.63) is 29.8 Å². The van der Waals surface area contributed by atoms with Crippen molar-refractivity contribution in [1.82, 2.24) is 13.5 Å². The Morgan fingerprint density at radius 1 is 0.966 bits per heavy atom. The third-order valence-electron chi connectivity index (χ3n) is 5.45. The molecule has 0 bridgehead atoms. The van der Waals surface area contributed by atoms with Crippen molar-refractivity contribution in [2.45, 2.75) is 17.7 Å². The fourth-order valence-corrected chi connectivity index (χ4v) is 6.20. The molecule has 9 nitrogen and oxygen atoms in total. The Hall–Kier alpha value is -2.00. The van der Waals surface area contributed by atoms with Crippen LogP contribution in [-0.4, -0.2) is 81.8 Å². The molecular formula is C18H24N4O5S2. The zero-order valence-electron chi connectivity index (χ0n) is 16.2. The molecule has 3 rings (SSSR count). The van der Waals surface area contributed by atoms with Gasteiger partial charge in [-0.2, -0.15) is 13.9 Å². The van der Waals surface area contributed by atoms with Gasteiger partial charge >= 0.3 is 0 Å². The summed E-state index contributed by atoms with van der Waals surface area (Å²) < 4.78 is 51.7. The molecule has 2 fully saturated rings. The largest absolute Gasteiger partial charge is 0.340 e. The summed E-state index contributed by atoms with van der Waals surface area (Å²) in [6.45, 7) is 1.68. The summed E-state index contributed by atoms with van der Waals surface area (Å²) in [7, 11) is -7.05. The first kappa shape index (κ1) is 21.7. The number of nitriles is 1. The van der Waals surface area contributed by atoms with E-state index in [0.717, 1.165) is 6.26 Å². The van der Waals surface area contributed by atoms with E-state index in [1.165, 1.54) is 20.7 Å². The van der Waals surface area contributed by atoms with Gasteiger partial charge in [-0.25, -0.2) is 16.8 Å². The van der Waals surface area contributed by atoms with E-state index in [9.17, 15) is 26.9 Å². The number of carbonyl (C=O) groups excluding carboxylic acids is 1. The topological polar surface area (TPSA) is 119 Å². The van der Waals surface area contributed by atoms with Gasteiger partial charge in [0.1, 0.15) is 6.07 Å². The van der Waals surface area contributed by atoms with Crippen LogP contribution in [0, 0.1) is 17.2 Å². The number of benzene rings is 1. The van der Waals surface area contributed by atoms with Crippen LogP contribution >= 0.6 is 0 Å². The van der Waals surface area contributed by atoms with Crippen molar-refractivity contribution in [3.8, 4) is 6.07 Å². The maximum atomic E-state index is 12.9. The van der Waals surface area contributed by atoms with Crippen molar-refractivity contribution < 1.29 is 21.6 Å². The summed E-state index contributed by atoms with van der Waals surface area (Å²) in [5.74, 6) is -0.329. The molecule has 1 aromatic carbocycles. The lowest BCUT2D eigenvalue weighted by Crippen LogP contribution is -2.52. The number of hydrogen-bond acceptors (Lipinski definition) is 6. The smallest absolute Gasteiger partial charge is 0.244 e. The van der Waals surface area contributed by atoms with Gasteiger partial charge in [0, 0.05) is 45.2 Å². The molecule has 1 aromatic rings. The van der Waals surface area contributed by atoms with E-state index >= 15 is 0 Å². The van der Waals surface area contributed by atoms with Gasteiger partial charge in [0.25, 0.3) is 0 Å². The predicted molar refractivity (Wildman–Crippen MR) is 106 cm³/mol. The van der Waals surface area contributed by atoms with E-state index < -0.39 is 20.0 Å². The number of carbonyl (C=O) groups is 1. The van der Waals surface area contributed by atoms with Gasteiger partial charge in [-0.05, 0) is 25.0 Å². The molecule has 0 aromatic heterocycles. The summed E-state index contributed by atoms with van der Waals surface area (Å²) in [6, 6.07) is 8.01. The molecule has 1 amide bonds. The van der Waals surface area contributed by atoms with E-state index in [4.69, 9.17) is 0 Å². The lowest BCUT2D eigenvalue weighted by Gasteiger charge is -2.37. The summed E-state index contributed by atoms with van der Waals surface area (Å²) >= 11 is 0. The SMILES string of the molecule is CS(=O)(=O)N1CCN(C(=O)C2CCN(S(=O)(=O)c3ccccc3C#N)CC2)CC1. The van der Waals surface area contributed by atoms with Gasteiger partial charge in [0.05, 0.1) is 16.7 Å². The lowest BCUT2D eigenvalue weighted by atomic mass is 9.96. The summed E-state index contributed by atoms with van der Waals surface area (Å²) in [6.07, 6.45) is 1.96. The number of amides is 1. The molecule has 2 aliphatic rings. The number of nitrogens with zero attached hydrogens (tertiary/aromatic N) is 4. The van der Waals surface area contributed by atoms with Crippen molar-refractivity contribution in [3.63, 3.8) is 0 Å². The second-order valence-electron chi connectivity index (χ2n) is 7.27. The molecule has 0 saturated carbocycles. The number of sulfonamides is 2. The van der Waals surface area contributed by atoms with Crippen molar-refractivity contribution in [1.29, 1.82) is 5.26 Å². The maximum absolute atomic E-state index is 12.9. The zero-order valence-corrected chi connectivity index (χ0v) is 17.8. The lowest BCUT2D eigenvalue weighted by molar-refractivity contribution is -0.137. The Kier molecular flexibility index (Phi) is 6.28. The van der Waals surface area contributed by atoms with E-state index in [0.29, 0.717) is 25.9 Å². The molecular weight excluding hydrogens is 416 g/mol. The minimum atomic E-state index is -3.79. The van der Waals surface area contributed by atoms with Crippen LogP contribution in [0.25, 0.3) is 0 Å². The Labute approximate surface area is 171 Å². The normalized spacial score (nSPS) is 20.3. The highest BCUT2D eigenvalue weighted by molar-refractivity contribution is 7.89. The van der Waals surface area contributed by atoms with Crippen molar-refractivity contribution in [2.24, 2.45) is 5.92 Å². The average molecular weight is 441 g/mol. The number of piperazine rings is 1. The standard InChI is InChI=1S/C18H24N4O5S2/c1-28(24,25)21-12-10-20(11-13-21)18(23)15-6-8-22(9-7-15)29(26,27)17-5-3-2-4-16(17)14-19/h2-5,15H,6-13H2,1H3. The van der Waals surface area contributed by atoms with Crippen molar-refractivity contribution in [2.75, 3.05) is 45.5 Å². The molecule has 0 atom stereocenters. The zero-order chi connectivity index (χ0) is 21.2. The van der Waals surface area contributed by atoms with Crippen LogP contribution in [0.5, 0.6) is 0 Å². The van der Waals surface area contributed by atoms with E-state index in [1.807, 2.05) is 6.07 Å². The van der Waals surface area contributed by atoms with Gasteiger partial charge in [-0.3, -0.25) is 4.79 Å². The quantitative estimate of drug-likeness (QED) is 0.653. The van der Waals surface area contributed by atoms with Crippen LogP contribution in [0.1, 0.15) is 18.4 Å². The highest BCUT2D eigenvalue weighted by Crippen LogP contribution is 2.27. The van der Waals surface area contributed by atoms with E-state index in [1.54, 1.807) is 17.0 Å². The number of rotatable bonds is 4. The molecule has 0 unspecified atom stereocenters. The van der Waals surface area contributed by atoms with Gasteiger partial charge < -0.3 is 4.90 Å². The fraction of sp³-hybridized carbons (Fsp3) is 0.556. The number of piperidine rings is 1. The van der Waals surface area contributed by atoms with Crippen LogP contribution in [0.2, 0.25) is 0 Å². The highest BCUT2D eigenvalue weighted by Gasteiger charge is 2.36. The Morgan fingerprint density at radius 2 is 1.55 bits per heavy atom. The summed E-state index contributed by atoms with van der Waals surface area (Å²) in [5, 5.41) is 9.18. The van der Waals surface area contributed by atoms with E-state index in [-0.39, 0.29) is 48.5 Å². The molecule has 11 heteroatoms. The fourth-order valence-electron chi connectivity index (χ4n) is 3.76. The second-order valence-corrected chi connectivity index (χ2v) is 11.2. The molecule has 0 spiro atoms. The molecule has 0 N–H and O–H groups in total. The molecule has 2 heterocycles. The average Bonchev–Trinajstić information content (AvgIpc) is 2.72. The molecule has 0 radical (unpaired) electrons. The molecule has 158 valence electrons. The van der Waals surface area contributed by atoms with Crippen LogP contribution < -0.4 is 0 Å². The van der Waals surface area contributed by atoms with Gasteiger partial charge in [-0.15, -0.1) is 0 Å².